The number of hydrogen-bond donors (Lipinski definition) is 0. The fourth-order valence-corrected chi connectivity index (χ4v) is 2.60. The van der Waals surface area contributed by atoms with Crippen molar-refractivity contribution in [3.05, 3.63) is 69.7 Å². The van der Waals surface area contributed by atoms with Crippen molar-refractivity contribution in [1.29, 1.82) is 0 Å². The zero-order valence-corrected chi connectivity index (χ0v) is 11.2. The van der Waals surface area contributed by atoms with E-state index in [0.717, 1.165) is 16.5 Å². The van der Waals surface area contributed by atoms with Gasteiger partial charge in [0, 0.05) is 16.5 Å². The summed E-state index contributed by atoms with van der Waals surface area (Å²) in [5, 5.41) is 0. The molecule has 0 spiro atoms. The van der Waals surface area contributed by atoms with Gasteiger partial charge in [0.2, 0.25) is 0 Å². The number of cyclic esters (lactones) is 1. The number of rotatable bonds is 2. The van der Waals surface area contributed by atoms with Gasteiger partial charge in [0.15, 0.2) is 0 Å². The summed E-state index contributed by atoms with van der Waals surface area (Å²) in [5.41, 5.74) is 2.82. The molecule has 3 rings (SSSR count). The Balaban J connectivity index is 1.93. The van der Waals surface area contributed by atoms with Crippen LogP contribution in [0.2, 0.25) is 0 Å². The average molecular weight is 303 g/mol. The van der Waals surface area contributed by atoms with Crippen molar-refractivity contribution in [3.8, 4) is 0 Å². The summed E-state index contributed by atoms with van der Waals surface area (Å²) in [4.78, 5) is 11.7. The van der Waals surface area contributed by atoms with Crippen LogP contribution in [0, 0.1) is 0 Å². The van der Waals surface area contributed by atoms with Crippen molar-refractivity contribution in [2.75, 3.05) is 0 Å². The van der Waals surface area contributed by atoms with E-state index in [1.165, 1.54) is 5.56 Å². The van der Waals surface area contributed by atoms with Crippen LogP contribution < -0.4 is 0 Å². The van der Waals surface area contributed by atoms with Crippen LogP contribution in [-0.4, -0.2) is 5.97 Å². The topological polar surface area (TPSA) is 26.3 Å². The predicted octanol–water partition coefficient (Wildman–Crippen LogP) is 3.90. The first-order chi connectivity index (χ1) is 8.74. The molecular formula is C15H11BrO2. The van der Waals surface area contributed by atoms with Crippen LogP contribution in [0.15, 0.2) is 53.0 Å². The maximum Gasteiger partial charge on any atom is 0.339 e. The van der Waals surface area contributed by atoms with Crippen molar-refractivity contribution in [2.45, 2.75) is 12.5 Å². The number of halogens is 1. The molecule has 90 valence electrons. The van der Waals surface area contributed by atoms with E-state index in [9.17, 15) is 4.79 Å². The zero-order valence-electron chi connectivity index (χ0n) is 9.60. The Hall–Kier alpha value is -1.61. The summed E-state index contributed by atoms with van der Waals surface area (Å²) >= 11 is 3.43. The van der Waals surface area contributed by atoms with Gasteiger partial charge in [-0.15, -0.1) is 0 Å². The lowest BCUT2D eigenvalue weighted by molar-refractivity contribution is 0.0387. The molecular weight excluding hydrogens is 292 g/mol. The lowest BCUT2D eigenvalue weighted by Gasteiger charge is -2.10. The smallest absolute Gasteiger partial charge is 0.339 e. The minimum atomic E-state index is -0.224. The van der Waals surface area contributed by atoms with Gasteiger partial charge in [-0.2, -0.15) is 0 Å². The van der Waals surface area contributed by atoms with Crippen molar-refractivity contribution >= 4 is 21.9 Å². The van der Waals surface area contributed by atoms with Crippen molar-refractivity contribution < 1.29 is 9.53 Å². The number of fused-ring (bicyclic) bond motifs is 1. The normalized spacial score (nSPS) is 17.4. The van der Waals surface area contributed by atoms with Crippen LogP contribution >= 0.6 is 15.9 Å². The van der Waals surface area contributed by atoms with Crippen molar-refractivity contribution in [2.24, 2.45) is 0 Å². The highest BCUT2D eigenvalue weighted by molar-refractivity contribution is 9.10. The second-order valence-corrected chi connectivity index (χ2v) is 5.23. The number of ether oxygens (including phenoxy) is 1. The molecule has 2 aromatic rings. The third kappa shape index (κ3) is 2.06. The van der Waals surface area contributed by atoms with E-state index in [1.807, 2.05) is 48.5 Å². The highest BCUT2D eigenvalue weighted by atomic mass is 79.9. The van der Waals surface area contributed by atoms with Gasteiger partial charge >= 0.3 is 5.97 Å². The Morgan fingerprint density at radius 3 is 2.67 bits per heavy atom. The van der Waals surface area contributed by atoms with Gasteiger partial charge in [0.1, 0.15) is 6.10 Å². The third-order valence-electron chi connectivity index (χ3n) is 3.09. The first-order valence-electron chi connectivity index (χ1n) is 5.78. The number of carbonyl (C=O) groups excluding carboxylic acids is 1. The molecule has 1 atom stereocenters. The minimum absolute atomic E-state index is 0.174. The standard InChI is InChI=1S/C15H11BrO2/c16-11-6-7-12-13(9-11)14(18-15(12)17)8-10-4-2-1-3-5-10/h1-7,9,14H,8H2. The highest BCUT2D eigenvalue weighted by Gasteiger charge is 2.30. The Morgan fingerprint density at radius 2 is 1.89 bits per heavy atom. The van der Waals surface area contributed by atoms with Crippen LogP contribution in [0.25, 0.3) is 0 Å². The Bertz CT molecular complexity index is 593. The van der Waals surface area contributed by atoms with Gasteiger partial charge in [0.25, 0.3) is 0 Å². The summed E-state index contributed by atoms with van der Waals surface area (Å²) < 4.78 is 6.40. The monoisotopic (exact) mass is 302 g/mol. The van der Waals surface area contributed by atoms with Gasteiger partial charge < -0.3 is 4.74 Å². The maximum absolute atomic E-state index is 11.7. The van der Waals surface area contributed by atoms with Gasteiger partial charge in [-0.1, -0.05) is 46.3 Å². The summed E-state index contributed by atoms with van der Waals surface area (Å²) in [6.07, 6.45) is 0.545. The molecule has 1 aliphatic heterocycles. The zero-order chi connectivity index (χ0) is 12.5. The van der Waals surface area contributed by atoms with Crippen molar-refractivity contribution in [1.82, 2.24) is 0 Å². The summed E-state index contributed by atoms with van der Waals surface area (Å²) in [6, 6.07) is 15.7. The number of hydrogen-bond acceptors (Lipinski definition) is 2. The van der Waals surface area contributed by atoms with E-state index >= 15 is 0 Å². The van der Waals surface area contributed by atoms with Gasteiger partial charge in [-0.25, -0.2) is 4.79 Å². The molecule has 0 saturated carbocycles. The molecule has 1 heterocycles. The van der Waals surface area contributed by atoms with Gasteiger partial charge in [-0.3, -0.25) is 0 Å². The van der Waals surface area contributed by atoms with Crippen LogP contribution in [0.4, 0.5) is 0 Å². The lowest BCUT2D eigenvalue weighted by Crippen LogP contribution is -2.02. The number of benzene rings is 2. The quantitative estimate of drug-likeness (QED) is 0.786. The second-order valence-electron chi connectivity index (χ2n) is 4.32. The Morgan fingerprint density at radius 1 is 1.11 bits per heavy atom. The van der Waals surface area contributed by atoms with Crippen LogP contribution in [0.5, 0.6) is 0 Å². The fourth-order valence-electron chi connectivity index (χ4n) is 2.22. The van der Waals surface area contributed by atoms with Crippen LogP contribution in [-0.2, 0) is 11.2 Å². The highest BCUT2D eigenvalue weighted by Crippen LogP contribution is 2.34. The average Bonchev–Trinajstić information content (AvgIpc) is 2.67. The number of carbonyl (C=O) groups is 1. The molecule has 2 aromatic carbocycles. The molecule has 0 amide bonds. The molecule has 0 saturated heterocycles. The molecule has 0 aromatic heterocycles. The molecule has 1 unspecified atom stereocenters. The SMILES string of the molecule is O=C1OC(Cc2ccccc2)c2cc(Br)ccc21. The molecule has 18 heavy (non-hydrogen) atoms. The Kier molecular flexibility index (Phi) is 2.92. The molecule has 2 nitrogen and oxygen atoms in total. The lowest BCUT2D eigenvalue weighted by atomic mass is 9.99. The summed E-state index contributed by atoms with van der Waals surface area (Å²) in [5.74, 6) is -0.224. The predicted molar refractivity (Wildman–Crippen MR) is 72.4 cm³/mol. The molecule has 3 heteroatoms. The molecule has 0 N–H and O–H groups in total. The van der Waals surface area contributed by atoms with E-state index in [2.05, 4.69) is 15.9 Å². The van der Waals surface area contributed by atoms with E-state index in [-0.39, 0.29) is 12.1 Å². The summed E-state index contributed by atoms with van der Waals surface area (Å²) in [6.45, 7) is 0. The largest absolute Gasteiger partial charge is 0.454 e. The molecule has 0 aliphatic carbocycles. The third-order valence-corrected chi connectivity index (χ3v) is 3.59. The van der Waals surface area contributed by atoms with E-state index in [1.54, 1.807) is 0 Å². The van der Waals surface area contributed by atoms with Gasteiger partial charge in [0.05, 0.1) is 5.56 Å². The first kappa shape index (κ1) is 11.5. The summed E-state index contributed by atoms with van der Waals surface area (Å²) in [7, 11) is 0. The van der Waals surface area contributed by atoms with Crippen LogP contribution in [0.1, 0.15) is 27.6 Å². The molecule has 1 aliphatic rings. The minimum Gasteiger partial charge on any atom is -0.454 e. The molecule has 0 radical (unpaired) electrons. The van der Waals surface area contributed by atoms with E-state index < -0.39 is 0 Å². The fraction of sp³-hybridized carbons (Fsp3) is 0.133. The molecule has 0 bridgehead atoms. The van der Waals surface area contributed by atoms with E-state index in [4.69, 9.17) is 4.74 Å². The first-order valence-corrected chi connectivity index (χ1v) is 6.58. The number of esters is 1. The second kappa shape index (κ2) is 4.58. The van der Waals surface area contributed by atoms with Crippen LogP contribution in [0.3, 0.4) is 0 Å². The van der Waals surface area contributed by atoms with E-state index in [0.29, 0.717) is 5.56 Å². The molecule has 0 fully saturated rings. The maximum atomic E-state index is 11.7. The Labute approximate surface area is 114 Å². The van der Waals surface area contributed by atoms with Gasteiger partial charge in [-0.05, 0) is 23.8 Å². The van der Waals surface area contributed by atoms with Crippen molar-refractivity contribution in [3.63, 3.8) is 0 Å².